The number of aromatic nitrogens is 2. The van der Waals surface area contributed by atoms with Crippen molar-refractivity contribution in [2.75, 3.05) is 12.0 Å². The van der Waals surface area contributed by atoms with Crippen molar-refractivity contribution >= 4 is 22.6 Å². The lowest BCUT2D eigenvalue weighted by molar-refractivity contribution is 0.107. The van der Waals surface area contributed by atoms with E-state index in [-0.39, 0.29) is 11.2 Å². The maximum atomic E-state index is 11.4. The van der Waals surface area contributed by atoms with Crippen LogP contribution in [-0.2, 0) is 0 Å². The Morgan fingerprint density at radius 2 is 2.31 bits per heavy atom. The number of hydrogen-bond donors (Lipinski definition) is 1. The summed E-state index contributed by atoms with van der Waals surface area (Å²) in [7, 11) is 0. The maximum Gasteiger partial charge on any atom is 0.239 e. The second-order valence-electron chi connectivity index (χ2n) is 2.98. The SMILES string of the molecule is CSC(=O)c1c(N)cnn1C(C)C. The number of hydrogen-bond acceptors (Lipinski definition) is 4. The van der Waals surface area contributed by atoms with E-state index in [0.717, 1.165) is 11.8 Å². The summed E-state index contributed by atoms with van der Waals surface area (Å²) >= 11 is 1.15. The van der Waals surface area contributed by atoms with Gasteiger partial charge in [-0.1, -0.05) is 11.8 Å². The van der Waals surface area contributed by atoms with Crippen LogP contribution in [0.1, 0.15) is 30.4 Å². The molecule has 0 atom stereocenters. The van der Waals surface area contributed by atoms with E-state index in [1.54, 1.807) is 10.9 Å². The van der Waals surface area contributed by atoms with Crippen molar-refractivity contribution in [3.8, 4) is 0 Å². The molecule has 0 unspecified atom stereocenters. The van der Waals surface area contributed by atoms with Gasteiger partial charge in [-0.3, -0.25) is 9.48 Å². The fourth-order valence-electron chi connectivity index (χ4n) is 1.08. The molecule has 0 fully saturated rings. The molecule has 4 nitrogen and oxygen atoms in total. The summed E-state index contributed by atoms with van der Waals surface area (Å²) in [6.45, 7) is 3.92. The highest BCUT2D eigenvalue weighted by molar-refractivity contribution is 8.13. The molecule has 0 spiro atoms. The molecule has 5 heteroatoms. The van der Waals surface area contributed by atoms with E-state index in [9.17, 15) is 4.79 Å². The van der Waals surface area contributed by atoms with Crippen LogP contribution in [0.2, 0.25) is 0 Å². The molecule has 0 aliphatic rings. The third-order valence-corrected chi connectivity index (χ3v) is 2.26. The molecule has 0 aliphatic carbocycles. The topological polar surface area (TPSA) is 60.9 Å². The molecule has 72 valence electrons. The molecular formula is C8H13N3OS. The molecule has 13 heavy (non-hydrogen) atoms. The van der Waals surface area contributed by atoms with Gasteiger partial charge in [0, 0.05) is 6.04 Å². The first-order valence-electron chi connectivity index (χ1n) is 3.99. The van der Waals surface area contributed by atoms with Crippen LogP contribution in [0.4, 0.5) is 5.69 Å². The van der Waals surface area contributed by atoms with Gasteiger partial charge in [0.2, 0.25) is 5.12 Å². The molecule has 0 aliphatic heterocycles. The third kappa shape index (κ3) is 1.85. The first-order valence-corrected chi connectivity index (χ1v) is 5.21. The van der Waals surface area contributed by atoms with E-state index in [1.165, 1.54) is 6.20 Å². The largest absolute Gasteiger partial charge is 0.396 e. The molecule has 0 bridgehead atoms. The molecular weight excluding hydrogens is 186 g/mol. The van der Waals surface area contributed by atoms with Gasteiger partial charge >= 0.3 is 0 Å². The van der Waals surface area contributed by atoms with Gasteiger partial charge in [0.1, 0.15) is 5.69 Å². The Hall–Kier alpha value is -0.970. The Labute approximate surface area is 81.5 Å². The monoisotopic (exact) mass is 199 g/mol. The summed E-state index contributed by atoms with van der Waals surface area (Å²) in [6.07, 6.45) is 3.25. The van der Waals surface area contributed by atoms with Crippen LogP contribution < -0.4 is 5.73 Å². The molecule has 0 aromatic carbocycles. The normalized spacial score (nSPS) is 10.8. The number of anilines is 1. The van der Waals surface area contributed by atoms with E-state index in [1.807, 2.05) is 13.8 Å². The van der Waals surface area contributed by atoms with E-state index in [4.69, 9.17) is 5.73 Å². The van der Waals surface area contributed by atoms with Crippen molar-refractivity contribution in [1.29, 1.82) is 0 Å². The van der Waals surface area contributed by atoms with Gasteiger partial charge in [-0.2, -0.15) is 5.10 Å². The molecule has 1 rings (SSSR count). The Balaban J connectivity index is 3.16. The van der Waals surface area contributed by atoms with E-state index in [2.05, 4.69) is 5.10 Å². The lowest BCUT2D eigenvalue weighted by Gasteiger charge is -2.09. The molecule has 0 radical (unpaired) electrons. The average Bonchev–Trinajstić information content (AvgIpc) is 2.46. The fourth-order valence-corrected chi connectivity index (χ4v) is 1.48. The lowest BCUT2D eigenvalue weighted by atomic mass is 10.3. The number of thioether (sulfide) groups is 1. The highest BCUT2D eigenvalue weighted by Gasteiger charge is 2.17. The summed E-state index contributed by atoms with van der Waals surface area (Å²) in [5, 5.41) is 4.00. The Bertz CT molecular complexity index is 319. The molecule has 0 saturated carbocycles. The number of carbonyl (C=O) groups excluding carboxylic acids is 1. The summed E-state index contributed by atoms with van der Waals surface area (Å²) in [5.74, 6) is 0. The summed E-state index contributed by atoms with van der Waals surface area (Å²) < 4.78 is 1.65. The third-order valence-electron chi connectivity index (χ3n) is 1.69. The number of carbonyl (C=O) groups is 1. The van der Waals surface area contributed by atoms with Gasteiger partial charge in [0.25, 0.3) is 0 Å². The Morgan fingerprint density at radius 3 is 2.77 bits per heavy atom. The zero-order chi connectivity index (χ0) is 10.0. The Kier molecular flexibility index (Phi) is 2.98. The van der Waals surface area contributed by atoms with Crippen molar-refractivity contribution in [2.24, 2.45) is 0 Å². The van der Waals surface area contributed by atoms with Crippen LogP contribution >= 0.6 is 11.8 Å². The van der Waals surface area contributed by atoms with Gasteiger partial charge in [0.05, 0.1) is 11.9 Å². The number of nitrogens with zero attached hydrogens (tertiary/aromatic N) is 2. The second kappa shape index (κ2) is 3.83. The molecule has 0 saturated heterocycles. The summed E-state index contributed by atoms with van der Waals surface area (Å²) in [6, 6.07) is 0.156. The minimum Gasteiger partial charge on any atom is -0.396 e. The minimum atomic E-state index is -0.0382. The molecule has 1 heterocycles. The first kappa shape index (κ1) is 10.1. The zero-order valence-corrected chi connectivity index (χ0v) is 8.76. The van der Waals surface area contributed by atoms with Crippen LogP contribution in [0.5, 0.6) is 0 Å². The van der Waals surface area contributed by atoms with Crippen molar-refractivity contribution in [1.82, 2.24) is 9.78 Å². The van der Waals surface area contributed by atoms with Crippen molar-refractivity contribution in [3.05, 3.63) is 11.9 Å². The fraction of sp³-hybridized carbons (Fsp3) is 0.500. The van der Waals surface area contributed by atoms with Crippen molar-refractivity contribution in [2.45, 2.75) is 19.9 Å². The summed E-state index contributed by atoms with van der Waals surface area (Å²) in [4.78, 5) is 11.4. The van der Waals surface area contributed by atoms with Gasteiger partial charge in [-0.15, -0.1) is 0 Å². The number of rotatable bonds is 2. The Morgan fingerprint density at radius 1 is 1.69 bits per heavy atom. The molecule has 2 N–H and O–H groups in total. The van der Waals surface area contributed by atoms with Crippen LogP contribution in [-0.4, -0.2) is 21.2 Å². The van der Waals surface area contributed by atoms with Gasteiger partial charge in [-0.05, 0) is 20.1 Å². The predicted molar refractivity (Wildman–Crippen MR) is 54.9 cm³/mol. The highest BCUT2D eigenvalue weighted by Crippen LogP contribution is 2.19. The van der Waals surface area contributed by atoms with E-state index in [0.29, 0.717) is 11.4 Å². The number of nitrogen functional groups attached to an aromatic ring is 1. The van der Waals surface area contributed by atoms with Gasteiger partial charge < -0.3 is 5.73 Å². The summed E-state index contributed by atoms with van der Waals surface area (Å²) in [5.41, 5.74) is 6.59. The second-order valence-corrected chi connectivity index (χ2v) is 3.76. The van der Waals surface area contributed by atoms with Crippen molar-refractivity contribution in [3.63, 3.8) is 0 Å². The quantitative estimate of drug-likeness (QED) is 0.785. The maximum absolute atomic E-state index is 11.4. The van der Waals surface area contributed by atoms with Gasteiger partial charge in [0.15, 0.2) is 0 Å². The van der Waals surface area contributed by atoms with Crippen LogP contribution in [0.3, 0.4) is 0 Å². The lowest BCUT2D eigenvalue weighted by Crippen LogP contribution is -2.11. The van der Waals surface area contributed by atoms with Crippen molar-refractivity contribution < 1.29 is 4.79 Å². The van der Waals surface area contributed by atoms with E-state index >= 15 is 0 Å². The highest BCUT2D eigenvalue weighted by atomic mass is 32.2. The predicted octanol–water partition coefficient (Wildman–Crippen LogP) is 1.55. The zero-order valence-electron chi connectivity index (χ0n) is 7.94. The molecule has 1 aromatic heterocycles. The molecule has 0 amide bonds. The van der Waals surface area contributed by atoms with Gasteiger partial charge in [-0.25, -0.2) is 0 Å². The average molecular weight is 199 g/mol. The molecule has 1 aromatic rings. The van der Waals surface area contributed by atoms with Crippen LogP contribution in [0, 0.1) is 0 Å². The van der Waals surface area contributed by atoms with Crippen LogP contribution in [0.15, 0.2) is 6.20 Å². The standard InChI is InChI=1S/C8H13N3OS/c1-5(2)11-7(8(12)13-3)6(9)4-10-11/h4-5H,9H2,1-3H3. The first-order chi connectivity index (χ1) is 6.07. The van der Waals surface area contributed by atoms with Crippen LogP contribution in [0.25, 0.3) is 0 Å². The minimum absolute atomic E-state index is 0.0382. The van der Waals surface area contributed by atoms with E-state index < -0.39 is 0 Å². The smallest absolute Gasteiger partial charge is 0.239 e. The number of nitrogens with two attached hydrogens (primary N) is 1.